The van der Waals surface area contributed by atoms with Gasteiger partial charge in [-0.15, -0.1) is 11.3 Å². The summed E-state index contributed by atoms with van der Waals surface area (Å²) in [5.74, 6) is -0.404. The van der Waals surface area contributed by atoms with Crippen LogP contribution in [0.1, 0.15) is 11.9 Å². The summed E-state index contributed by atoms with van der Waals surface area (Å²) in [6.07, 6.45) is 0.242. The molecule has 0 fully saturated rings. The van der Waals surface area contributed by atoms with E-state index in [2.05, 4.69) is 26.2 Å². The van der Waals surface area contributed by atoms with Gasteiger partial charge in [0.15, 0.2) is 0 Å². The van der Waals surface area contributed by atoms with Gasteiger partial charge in [0.05, 0.1) is 21.1 Å². The molecule has 1 aromatic carbocycles. The lowest BCUT2D eigenvalue weighted by molar-refractivity contribution is -0.120. The molecule has 0 unspecified atom stereocenters. The number of amides is 1. The van der Waals surface area contributed by atoms with E-state index >= 15 is 0 Å². The molecule has 0 bridgehead atoms. The summed E-state index contributed by atoms with van der Waals surface area (Å²) in [5, 5.41) is 3.40. The fraction of sp³-hybridized carbons (Fsp3) is 0.273. The molecule has 17 heavy (non-hydrogen) atoms. The molecule has 2 rings (SSSR count). The number of hydrogen-bond acceptors (Lipinski definition) is 3. The maximum absolute atomic E-state index is 13.3. The molecule has 0 aliphatic rings. The molecule has 1 aromatic heterocycles. The predicted molar refractivity (Wildman–Crippen MR) is 69.7 cm³/mol. The van der Waals surface area contributed by atoms with Crippen molar-refractivity contribution >= 4 is 43.4 Å². The van der Waals surface area contributed by atoms with Gasteiger partial charge in [0.1, 0.15) is 10.8 Å². The van der Waals surface area contributed by atoms with E-state index < -0.39 is 0 Å². The second-order valence-electron chi connectivity index (χ2n) is 3.47. The number of fused-ring (bicyclic) bond motifs is 1. The minimum absolute atomic E-state index is 0.0638. The van der Waals surface area contributed by atoms with Gasteiger partial charge in [-0.05, 0) is 28.9 Å². The molecule has 90 valence electrons. The van der Waals surface area contributed by atoms with E-state index in [0.717, 1.165) is 4.70 Å². The largest absolute Gasteiger partial charge is 0.356 e. The Bertz CT molecular complexity index is 531. The minimum Gasteiger partial charge on any atom is -0.356 e. The monoisotopic (exact) mass is 316 g/mol. The van der Waals surface area contributed by atoms with Gasteiger partial charge in [0.2, 0.25) is 5.91 Å². The quantitative estimate of drug-likeness (QED) is 0.946. The van der Waals surface area contributed by atoms with E-state index in [0.29, 0.717) is 21.5 Å². The highest BCUT2D eigenvalue weighted by atomic mass is 79.9. The van der Waals surface area contributed by atoms with Gasteiger partial charge in [-0.3, -0.25) is 4.79 Å². The first-order valence-corrected chi connectivity index (χ1v) is 6.72. The average molecular weight is 317 g/mol. The number of carbonyl (C=O) groups is 1. The number of aromatic nitrogens is 1. The van der Waals surface area contributed by atoms with Crippen molar-refractivity contribution in [1.29, 1.82) is 0 Å². The first-order chi connectivity index (χ1) is 8.10. The molecule has 3 nitrogen and oxygen atoms in total. The fourth-order valence-corrected chi connectivity index (χ4v) is 2.93. The molecule has 0 saturated heterocycles. The SMILES string of the molecule is CCNC(=O)Cc1nc2cc(F)c(Br)cc2s1. The van der Waals surface area contributed by atoms with Crippen LogP contribution in [0, 0.1) is 5.82 Å². The van der Waals surface area contributed by atoms with E-state index in [4.69, 9.17) is 0 Å². The standard InChI is InChI=1S/C11H10BrFN2OS/c1-2-14-10(16)5-11-15-8-4-7(13)6(12)3-9(8)17-11/h3-4H,2,5H2,1H3,(H,14,16). The van der Waals surface area contributed by atoms with Crippen LogP contribution < -0.4 is 5.32 Å². The first kappa shape index (κ1) is 12.4. The van der Waals surface area contributed by atoms with Gasteiger partial charge in [0, 0.05) is 12.6 Å². The number of nitrogens with one attached hydrogen (secondary N) is 1. The van der Waals surface area contributed by atoms with Crippen molar-refractivity contribution in [2.24, 2.45) is 0 Å². The molecular weight excluding hydrogens is 307 g/mol. The van der Waals surface area contributed by atoms with Crippen molar-refractivity contribution in [3.63, 3.8) is 0 Å². The Kier molecular flexibility index (Phi) is 3.73. The smallest absolute Gasteiger partial charge is 0.226 e. The predicted octanol–water partition coefficient (Wildman–Crippen LogP) is 2.88. The number of hydrogen-bond donors (Lipinski definition) is 1. The third-order valence-electron chi connectivity index (χ3n) is 2.16. The van der Waals surface area contributed by atoms with Crippen LogP contribution in [0.25, 0.3) is 10.2 Å². The van der Waals surface area contributed by atoms with Gasteiger partial charge in [-0.1, -0.05) is 0 Å². The van der Waals surface area contributed by atoms with Gasteiger partial charge in [0.25, 0.3) is 0 Å². The van der Waals surface area contributed by atoms with Crippen molar-refractivity contribution in [3.8, 4) is 0 Å². The fourth-order valence-electron chi connectivity index (χ4n) is 1.44. The molecule has 1 amide bonds. The van der Waals surface area contributed by atoms with E-state index in [1.807, 2.05) is 6.92 Å². The third kappa shape index (κ3) is 2.81. The van der Waals surface area contributed by atoms with Crippen molar-refractivity contribution < 1.29 is 9.18 Å². The van der Waals surface area contributed by atoms with Crippen molar-refractivity contribution in [2.75, 3.05) is 6.54 Å². The number of carbonyl (C=O) groups excluding carboxylic acids is 1. The number of likely N-dealkylation sites (N-methyl/N-ethyl adjacent to an activating group) is 1. The summed E-state index contributed by atoms with van der Waals surface area (Å²) < 4.78 is 14.6. The van der Waals surface area contributed by atoms with Gasteiger partial charge >= 0.3 is 0 Å². The summed E-state index contributed by atoms with van der Waals surface area (Å²) in [6.45, 7) is 2.46. The van der Waals surface area contributed by atoms with Crippen LogP contribution >= 0.6 is 27.3 Å². The molecule has 0 saturated carbocycles. The van der Waals surface area contributed by atoms with Crippen molar-refractivity contribution in [3.05, 3.63) is 27.4 Å². The Morgan fingerprint density at radius 1 is 1.59 bits per heavy atom. The van der Waals surface area contributed by atoms with Crippen LogP contribution in [0.2, 0.25) is 0 Å². The summed E-state index contributed by atoms with van der Waals surface area (Å²) in [4.78, 5) is 15.6. The van der Waals surface area contributed by atoms with E-state index in [-0.39, 0.29) is 18.1 Å². The highest BCUT2D eigenvalue weighted by Gasteiger charge is 2.10. The minimum atomic E-state index is -0.340. The second kappa shape index (κ2) is 5.10. The van der Waals surface area contributed by atoms with Crippen molar-refractivity contribution in [2.45, 2.75) is 13.3 Å². The Balaban J connectivity index is 2.29. The Labute approximate surface area is 110 Å². The molecule has 0 atom stereocenters. The van der Waals surface area contributed by atoms with Crippen LogP contribution in [-0.4, -0.2) is 17.4 Å². The number of halogens is 2. The highest BCUT2D eigenvalue weighted by molar-refractivity contribution is 9.10. The van der Waals surface area contributed by atoms with E-state index in [1.54, 1.807) is 6.07 Å². The van der Waals surface area contributed by atoms with Gasteiger partial charge in [-0.2, -0.15) is 0 Å². The topological polar surface area (TPSA) is 42.0 Å². The lowest BCUT2D eigenvalue weighted by Gasteiger charge is -1.97. The summed E-state index contributed by atoms with van der Waals surface area (Å²) in [6, 6.07) is 3.06. The Morgan fingerprint density at radius 2 is 2.35 bits per heavy atom. The van der Waals surface area contributed by atoms with Crippen LogP contribution in [0.4, 0.5) is 4.39 Å². The number of benzene rings is 1. The average Bonchev–Trinajstić information content (AvgIpc) is 2.60. The molecule has 1 heterocycles. The zero-order valence-corrected chi connectivity index (χ0v) is 11.5. The lowest BCUT2D eigenvalue weighted by Crippen LogP contribution is -2.24. The van der Waals surface area contributed by atoms with Crippen LogP contribution in [0.3, 0.4) is 0 Å². The van der Waals surface area contributed by atoms with E-state index in [9.17, 15) is 9.18 Å². The molecular formula is C11H10BrFN2OS. The third-order valence-corrected chi connectivity index (χ3v) is 3.79. The molecule has 0 radical (unpaired) electrons. The highest BCUT2D eigenvalue weighted by Crippen LogP contribution is 2.27. The van der Waals surface area contributed by atoms with Crippen LogP contribution in [0.5, 0.6) is 0 Å². The maximum atomic E-state index is 13.3. The second-order valence-corrected chi connectivity index (χ2v) is 5.44. The number of rotatable bonds is 3. The first-order valence-electron chi connectivity index (χ1n) is 5.11. The van der Waals surface area contributed by atoms with Gasteiger partial charge in [-0.25, -0.2) is 9.37 Å². The lowest BCUT2D eigenvalue weighted by atomic mass is 10.3. The number of thiazole rings is 1. The number of nitrogens with zero attached hydrogens (tertiary/aromatic N) is 1. The van der Waals surface area contributed by atoms with Crippen LogP contribution in [0.15, 0.2) is 16.6 Å². The van der Waals surface area contributed by atoms with Crippen LogP contribution in [-0.2, 0) is 11.2 Å². The molecule has 6 heteroatoms. The summed E-state index contributed by atoms with van der Waals surface area (Å²) >= 11 is 4.53. The summed E-state index contributed by atoms with van der Waals surface area (Å²) in [5.41, 5.74) is 0.593. The zero-order chi connectivity index (χ0) is 12.4. The Hall–Kier alpha value is -1.01. The summed E-state index contributed by atoms with van der Waals surface area (Å²) in [7, 11) is 0. The zero-order valence-electron chi connectivity index (χ0n) is 9.09. The van der Waals surface area contributed by atoms with Crippen molar-refractivity contribution in [1.82, 2.24) is 10.3 Å². The van der Waals surface area contributed by atoms with Gasteiger partial charge < -0.3 is 5.32 Å². The molecule has 0 aliphatic heterocycles. The molecule has 1 N–H and O–H groups in total. The Morgan fingerprint density at radius 3 is 3.06 bits per heavy atom. The molecule has 2 aromatic rings. The molecule has 0 spiro atoms. The normalized spacial score (nSPS) is 10.8. The molecule has 0 aliphatic carbocycles. The van der Waals surface area contributed by atoms with E-state index in [1.165, 1.54) is 17.4 Å². The maximum Gasteiger partial charge on any atom is 0.226 e.